The highest BCUT2D eigenvalue weighted by Crippen LogP contribution is 2.58. The molecule has 0 aromatic rings. The van der Waals surface area contributed by atoms with Crippen molar-refractivity contribution in [2.24, 2.45) is 10.8 Å². The molecule has 1 N–H and O–H groups in total. The maximum Gasteiger partial charge on any atom is 0.262 e. The Labute approximate surface area is 108 Å². The third kappa shape index (κ3) is 1.68. The molecule has 17 heavy (non-hydrogen) atoms. The van der Waals surface area contributed by atoms with Crippen LogP contribution in [0.4, 0.5) is 0 Å². The lowest BCUT2D eigenvalue weighted by atomic mass is 9.54. The van der Waals surface area contributed by atoms with Crippen molar-refractivity contribution >= 4 is 11.3 Å². The Morgan fingerprint density at radius 1 is 1.06 bits per heavy atom. The molecule has 3 nitrogen and oxygen atoms in total. The van der Waals surface area contributed by atoms with Gasteiger partial charge in [-0.25, -0.2) is 4.21 Å². The highest BCUT2D eigenvalue weighted by atomic mass is 32.2. The molecule has 1 rings (SSSR count). The summed E-state index contributed by atoms with van der Waals surface area (Å²) in [6, 6.07) is 0. The van der Waals surface area contributed by atoms with Gasteiger partial charge in [-0.05, 0) is 44.1 Å². The van der Waals surface area contributed by atoms with Crippen LogP contribution in [0.15, 0.2) is 11.3 Å². The zero-order chi connectivity index (χ0) is 13.8. The summed E-state index contributed by atoms with van der Waals surface area (Å²) < 4.78 is 22.8. The molecule has 0 aromatic carbocycles. The third-order valence-electron chi connectivity index (χ3n) is 5.54. The van der Waals surface area contributed by atoms with Crippen LogP contribution in [0.3, 0.4) is 0 Å². The topological polar surface area (TPSA) is 40.5 Å². The minimum absolute atomic E-state index is 0.00352. The van der Waals surface area contributed by atoms with Crippen molar-refractivity contribution < 1.29 is 8.76 Å². The van der Waals surface area contributed by atoms with Crippen LogP contribution in [0, 0.1) is 10.8 Å². The first-order chi connectivity index (χ1) is 7.39. The molecule has 0 spiro atoms. The number of nitrogens with zero attached hydrogens (tertiary/aromatic N) is 1. The first kappa shape index (κ1) is 14.7. The van der Waals surface area contributed by atoms with Gasteiger partial charge in [0.1, 0.15) is 0 Å². The van der Waals surface area contributed by atoms with Crippen LogP contribution in [0.1, 0.15) is 55.4 Å². The Hall–Kier alpha value is -0.350. The maximum atomic E-state index is 11.6. The Morgan fingerprint density at radius 2 is 1.47 bits per heavy atom. The van der Waals surface area contributed by atoms with Crippen LogP contribution < -0.4 is 0 Å². The van der Waals surface area contributed by atoms with Gasteiger partial charge in [0, 0.05) is 5.70 Å². The van der Waals surface area contributed by atoms with Crippen LogP contribution >= 0.6 is 0 Å². The van der Waals surface area contributed by atoms with Crippen molar-refractivity contribution in [3.05, 3.63) is 11.3 Å². The van der Waals surface area contributed by atoms with Crippen molar-refractivity contribution in [3.8, 4) is 0 Å². The monoisotopic (exact) mass is 259 g/mol. The smallest absolute Gasteiger partial charge is 0.262 e. The lowest BCUT2D eigenvalue weighted by molar-refractivity contribution is -0.0169. The summed E-state index contributed by atoms with van der Waals surface area (Å²) in [7, 11) is 0. The van der Waals surface area contributed by atoms with Crippen LogP contribution in [-0.4, -0.2) is 18.6 Å². The van der Waals surface area contributed by atoms with E-state index >= 15 is 0 Å². The quantitative estimate of drug-likeness (QED) is 0.731. The summed E-state index contributed by atoms with van der Waals surface area (Å²) in [4.78, 5) is 0. The van der Waals surface area contributed by atoms with E-state index in [1.54, 1.807) is 4.31 Å². The van der Waals surface area contributed by atoms with Gasteiger partial charge in [0.15, 0.2) is 0 Å². The first-order valence-electron chi connectivity index (χ1n) is 5.98. The summed E-state index contributed by atoms with van der Waals surface area (Å²) in [6.45, 7) is 16.8. The minimum atomic E-state index is -1.98. The lowest BCUT2D eigenvalue weighted by Crippen LogP contribution is -2.62. The van der Waals surface area contributed by atoms with Crippen molar-refractivity contribution in [1.82, 2.24) is 4.31 Å². The molecule has 0 fully saturated rings. The van der Waals surface area contributed by atoms with Crippen molar-refractivity contribution in [2.75, 3.05) is 0 Å². The SMILES string of the molecule is CC1=C(C)C(C)(C)C(C)(C)C(C)(C)N1S(=O)O. The van der Waals surface area contributed by atoms with Crippen LogP contribution in [-0.2, 0) is 11.3 Å². The van der Waals surface area contributed by atoms with E-state index in [0.717, 1.165) is 5.70 Å². The van der Waals surface area contributed by atoms with E-state index in [9.17, 15) is 8.76 Å². The molecule has 0 amide bonds. The largest absolute Gasteiger partial charge is 0.289 e. The van der Waals surface area contributed by atoms with E-state index in [2.05, 4.69) is 34.6 Å². The summed E-state index contributed by atoms with van der Waals surface area (Å²) in [6.07, 6.45) is 0. The van der Waals surface area contributed by atoms with Gasteiger partial charge in [-0.2, -0.15) is 0 Å². The average molecular weight is 259 g/mol. The van der Waals surface area contributed by atoms with Crippen LogP contribution in [0.2, 0.25) is 0 Å². The molecular weight excluding hydrogens is 234 g/mol. The second-order valence-corrected chi connectivity index (χ2v) is 7.37. The molecule has 1 unspecified atom stereocenters. The normalized spacial score (nSPS) is 28.2. The molecule has 0 saturated carbocycles. The molecule has 1 aliphatic rings. The Morgan fingerprint density at radius 3 is 1.82 bits per heavy atom. The third-order valence-corrected chi connectivity index (χ3v) is 6.58. The van der Waals surface area contributed by atoms with Crippen LogP contribution in [0.25, 0.3) is 0 Å². The standard InChI is InChI=1S/C13H25NO2S/c1-9-10(2)14(17(15)16)13(7,8)12(5,6)11(9,3)4/h1-8H3,(H,15,16). The van der Waals surface area contributed by atoms with Crippen molar-refractivity contribution in [1.29, 1.82) is 0 Å². The molecule has 0 aliphatic carbocycles. The zero-order valence-electron chi connectivity index (χ0n) is 12.2. The number of hydrogen-bond donors (Lipinski definition) is 1. The van der Waals surface area contributed by atoms with Gasteiger partial charge in [-0.15, -0.1) is 0 Å². The molecule has 1 heterocycles. The number of hydrogen-bond acceptors (Lipinski definition) is 1. The fourth-order valence-corrected chi connectivity index (χ4v) is 3.81. The van der Waals surface area contributed by atoms with E-state index in [0.29, 0.717) is 0 Å². The van der Waals surface area contributed by atoms with Gasteiger partial charge in [-0.3, -0.25) is 8.86 Å². The second-order valence-electron chi connectivity index (χ2n) is 6.54. The fourth-order valence-electron chi connectivity index (χ4n) is 2.82. The van der Waals surface area contributed by atoms with Gasteiger partial charge >= 0.3 is 0 Å². The van der Waals surface area contributed by atoms with Crippen molar-refractivity contribution in [2.45, 2.75) is 60.9 Å². The highest BCUT2D eigenvalue weighted by molar-refractivity contribution is 7.76. The molecule has 0 aromatic heterocycles. The Kier molecular flexibility index (Phi) is 3.31. The van der Waals surface area contributed by atoms with Gasteiger partial charge < -0.3 is 0 Å². The predicted molar refractivity (Wildman–Crippen MR) is 72.6 cm³/mol. The maximum absolute atomic E-state index is 11.6. The van der Waals surface area contributed by atoms with Gasteiger partial charge in [-0.1, -0.05) is 27.7 Å². The highest BCUT2D eigenvalue weighted by Gasteiger charge is 2.56. The van der Waals surface area contributed by atoms with E-state index in [-0.39, 0.29) is 16.4 Å². The lowest BCUT2D eigenvalue weighted by Gasteiger charge is -2.60. The van der Waals surface area contributed by atoms with E-state index in [1.165, 1.54) is 5.57 Å². The van der Waals surface area contributed by atoms with E-state index in [4.69, 9.17) is 0 Å². The molecule has 100 valence electrons. The second kappa shape index (κ2) is 3.82. The summed E-state index contributed by atoms with van der Waals surface area (Å²) in [5, 5.41) is 0. The Bertz CT molecular complexity index is 394. The molecule has 1 atom stereocenters. The number of rotatable bonds is 1. The molecule has 4 heteroatoms. The number of allylic oxidation sites excluding steroid dienone is 2. The molecule has 0 bridgehead atoms. The van der Waals surface area contributed by atoms with Crippen LogP contribution in [0.5, 0.6) is 0 Å². The minimum Gasteiger partial charge on any atom is -0.289 e. The fraction of sp³-hybridized carbons (Fsp3) is 0.846. The zero-order valence-corrected chi connectivity index (χ0v) is 13.0. The first-order valence-corrected chi connectivity index (χ1v) is 7.04. The van der Waals surface area contributed by atoms with Crippen molar-refractivity contribution in [3.63, 3.8) is 0 Å². The van der Waals surface area contributed by atoms with Gasteiger partial charge in [0.25, 0.3) is 11.3 Å². The molecule has 0 radical (unpaired) electrons. The van der Waals surface area contributed by atoms with Gasteiger partial charge in [0.05, 0.1) is 5.54 Å². The summed E-state index contributed by atoms with van der Waals surface area (Å²) >= 11 is -1.98. The van der Waals surface area contributed by atoms with E-state index < -0.39 is 11.3 Å². The molecule has 0 saturated heterocycles. The predicted octanol–water partition coefficient (Wildman–Crippen LogP) is 3.56. The summed E-state index contributed by atoms with van der Waals surface area (Å²) in [5.41, 5.74) is 1.61. The molecular formula is C13H25NO2S. The van der Waals surface area contributed by atoms with Gasteiger partial charge in [0.2, 0.25) is 0 Å². The summed E-state index contributed by atoms with van der Waals surface area (Å²) in [5.74, 6) is 0. The average Bonchev–Trinajstić information content (AvgIpc) is 2.13. The molecule has 1 aliphatic heterocycles. The van der Waals surface area contributed by atoms with E-state index in [1.807, 2.05) is 20.8 Å². The Balaban J connectivity index is 3.60.